The number of nitrogens with one attached hydrogen (secondary N) is 1. The van der Waals surface area contributed by atoms with E-state index in [-0.39, 0.29) is 41.4 Å². The Bertz CT molecular complexity index is 767. The van der Waals surface area contributed by atoms with Crippen molar-refractivity contribution in [3.8, 4) is 0 Å². The van der Waals surface area contributed by atoms with E-state index in [0.717, 1.165) is 44.9 Å². The molecule has 4 N–H and O–H groups in total. The largest absolute Gasteiger partial charge is 0.480 e. The van der Waals surface area contributed by atoms with E-state index in [9.17, 15) is 19.8 Å². The molecule has 0 heterocycles. The number of carbonyl (C=O) groups excluding carboxylic acids is 1. The molecule has 3 fully saturated rings. The van der Waals surface area contributed by atoms with Crippen molar-refractivity contribution < 1.29 is 24.9 Å². The normalized spacial score (nSPS) is 46.0. The standard InChI is InChI=1S/C26H41NO5/c1-15(4-7-22(30)27-14-23(31)32)18-5-6-19-24-20(9-11-26(18,19)3)25(2)10-8-17(28)12-16(25)13-21(24)29/h9,11,15-21,24,28-29H,4-8,10,12-14H2,1-3H3,(H,27,30)(H,31,32)/t15-,16+,17-,18-,19+,20+,21-,24+,25+,26-/m1/s1. The maximum Gasteiger partial charge on any atom is 0.322 e. The zero-order chi connectivity index (χ0) is 23.3. The van der Waals surface area contributed by atoms with Crippen LogP contribution in [0.1, 0.15) is 72.1 Å². The van der Waals surface area contributed by atoms with E-state index in [4.69, 9.17) is 5.11 Å². The quantitative estimate of drug-likeness (QED) is 0.467. The smallest absolute Gasteiger partial charge is 0.322 e. The van der Waals surface area contributed by atoms with E-state index in [1.54, 1.807) is 0 Å². The Labute approximate surface area is 191 Å². The van der Waals surface area contributed by atoms with Gasteiger partial charge in [-0.05, 0) is 91.3 Å². The van der Waals surface area contributed by atoms with Crippen molar-refractivity contribution in [1.29, 1.82) is 0 Å². The number of hydrogen-bond acceptors (Lipinski definition) is 4. The highest BCUT2D eigenvalue weighted by atomic mass is 16.4. The van der Waals surface area contributed by atoms with Gasteiger partial charge in [-0.25, -0.2) is 0 Å². The number of aliphatic hydroxyl groups excluding tert-OH is 2. The van der Waals surface area contributed by atoms with Crippen LogP contribution in [-0.2, 0) is 9.59 Å². The zero-order valence-electron chi connectivity index (χ0n) is 19.8. The summed E-state index contributed by atoms with van der Waals surface area (Å²) in [6, 6.07) is 0. The number of carbonyl (C=O) groups is 2. The van der Waals surface area contributed by atoms with Crippen LogP contribution in [0.2, 0.25) is 0 Å². The number of allylic oxidation sites excluding steroid dienone is 2. The molecule has 4 aliphatic rings. The van der Waals surface area contributed by atoms with Crippen LogP contribution in [0.25, 0.3) is 0 Å². The summed E-state index contributed by atoms with van der Waals surface area (Å²) in [5, 5.41) is 32.7. The Morgan fingerprint density at radius 3 is 2.62 bits per heavy atom. The predicted octanol–water partition coefficient (Wildman–Crippen LogP) is 3.37. The van der Waals surface area contributed by atoms with E-state index in [1.165, 1.54) is 0 Å². The lowest BCUT2D eigenvalue weighted by molar-refractivity contribution is -0.138. The number of aliphatic carboxylic acids is 1. The first kappa shape index (κ1) is 23.7. The molecule has 0 saturated heterocycles. The van der Waals surface area contributed by atoms with Crippen LogP contribution in [0.15, 0.2) is 12.2 Å². The molecule has 0 bridgehead atoms. The monoisotopic (exact) mass is 447 g/mol. The second kappa shape index (κ2) is 8.75. The highest BCUT2D eigenvalue weighted by Crippen LogP contribution is 2.66. The predicted molar refractivity (Wildman–Crippen MR) is 122 cm³/mol. The molecule has 0 aromatic heterocycles. The number of carboxylic acid groups (broad SMARTS) is 1. The summed E-state index contributed by atoms with van der Waals surface area (Å²) in [5.41, 5.74) is 0.184. The molecule has 0 spiro atoms. The molecule has 10 atom stereocenters. The van der Waals surface area contributed by atoms with Crippen molar-refractivity contribution in [2.75, 3.05) is 6.54 Å². The molecule has 4 aliphatic carbocycles. The summed E-state index contributed by atoms with van der Waals surface area (Å²) in [6.45, 7) is 6.65. The SMILES string of the molecule is C[C@H](CCC(=O)NCC(=O)O)[C@H]1CC[C@H]2[C@@H]3[C@H](O)C[C@@H]4C[C@H](O)CC[C@]4(C)[C@H]3C=C[C@]12C. The van der Waals surface area contributed by atoms with Crippen LogP contribution in [0.3, 0.4) is 0 Å². The van der Waals surface area contributed by atoms with Gasteiger partial charge in [0.2, 0.25) is 5.91 Å². The number of rotatable bonds is 6. The third-order valence-electron chi connectivity index (χ3n) is 10.1. The average Bonchev–Trinajstić information content (AvgIpc) is 3.09. The minimum atomic E-state index is -1.02. The molecule has 0 unspecified atom stereocenters. The van der Waals surface area contributed by atoms with Gasteiger partial charge in [-0.2, -0.15) is 0 Å². The second-order valence-corrected chi connectivity index (χ2v) is 11.7. The molecular weight excluding hydrogens is 406 g/mol. The van der Waals surface area contributed by atoms with Gasteiger partial charge in [-0.1, -0.05) is 32.9 Å². The maximum atomic E-state index is 12.0. The lowest BCUT2D eigenvalue weighted by atomic mass is 9.46. The molecule has 1 amide bonds. The van der Waals surface area contributed by atoms with Crippen molar-refractivity contribution in [3.05, 3.63) is 12.2 Å². The van der Waals surface area contributed by atoms with E-state index < -0.39 is 5.97 Å². The van der Waals surface area contributed by atoms with Crippen molar-refractivity contribution in [2.24, 2.45) is 46.3 Å². The van der Waals surface area contributed by atoms with Crippen LogP contribution in [-0.4, -0.2) is 45.9 Å². The Hall–Kier alpha value is -1.40. The van der Waals surface area contributed by atoms with Gasteiger partial charge in [0.25, 0.3) is 0 Å². The van der Waals surface area contributed by atoms with Crippen LogP contribution < -0.4 is 5.32 Å². The van der Waals surface area contributed by atoms with Crippen LogP contribution in [0, 0.1) is 46.3 Å². The Morgan fingerprint density at radius 1 is 1.16 bits per heavy atom. The molecule has 0 radical (unpaired) electrons. The van der Waals surface area contributed by atoms with Crippen LogP contribution in [0.5, 0.6) is 0 Å². The molecule has 32 heavy (non-hydrogen) atoms. The number of hydrogen-bond donors (Lipinski definition) is 4. The third kappa shape index (κ3) is 4.02. The first-order valence-corrected chi connectivity index (χ1v) is 12.6. The summed E-state index contributed by atoms with van der Waals surface area (Å²) in [5.74, 6) is 1.09. The zero-order valence-corrected chi connectivity index (χ0v) is 19.8. The minimum Gasteiger partial charge on any atom is -0.480 e. The molecular formula is C26H41NO5. The minimum absolute atomic E-state index is 0.0243. The Balaban J connectivity index is 1.48. The van der Waals surface area contributed by atoms with Crippen LogP contribution >= 0.6 is 0 Å². The van der Waals surface area contributed by atoms with E-state index >= 15 is 0 Å². The second-order valence-electron chi connectivity index (χ2n) is 11.7. The van der Waals surface area contributed by atoms with Gasteiger partial charge in [-0.15, -0.1) is 0 Å². The lowest BCUT2D eigenvalue weighted by Crippen LogP contribution is -2.57. The molecule has 0 aromatic rings. The lowest BCUT2D eigenvalue weighted by Gasteiger charge is -2.60. The fraction of sp³-hybridized carbons (Fsp3) is 0.846. The fourth-order valence-electron chi connectivity index (χ4n) is 8.34. The fourth-order valence-corrected chi connectivity index (χ4v) is 8.34. The Kier molecular flexibility index (Phi) is 6.49. The highest BCUT2D eigenvalue weighted by molar-refractivity contribution is 5.81. The number of aliphatic hydroxyl groups is 2. The van der Waals surface area contributed by atoms with Gasteiger partial charge in [-0.3, -0.25) is 9.59 Å². The summed E-state index contributed by atoms with van der Waals surface area (Å²) >= 11 is 0. The summed E-state index contributed by atoms with van der Waals surface area (Å²) in [7, 11) is 0. The van der Waals surface area contributed by atoms with E-state index in [2.05, 4.69) is 38.2 Å². The third-order valence-corrected chi connectivity index (χ3v) is 10.1. The van der Waals surface area contributed by atoms with Gasteiger partial charge in [0.05, 0.1) is 12.2 Å². The molecule has 0 aromatic carbocycles. The van der Waals surface area contributed by atoms with E-state index in [0.29, 0.717) is 36.0 Å². The molecule has 6 nitrogen and oxygen atoms in total. The molecule has 3 saturated carbocycles. The summed E-state index contributed by atoms with van der Waals surface area (Å²) in [6.07, 6.45) is 11.2. The van der Waals surface area contributed by atoms with Gasteiger partial charge < -0.3 is 20.6 Å². The van der Waals surface area contributed by atoms with E-state index in [1.807, 2.05) is 0 Å². The maximum absolute atomic E-state index is 12.0. The number of fused-ring (bicyclic) bond motifs is 5. The molecule has 180 valence electrons. The average molecular weight is 448 g/mol. The molecule has 0 aliphatic heterocycles. The Morgan fingerprint density at radius 2 is 1.91 bits per heavy atom. The highest BCUT2D eigenvalue weighted by Gasteiger charge is 2.61. The van der Waals surface area contributed by atoms with Crippen molar-refractivity contribution in [1.82, 2.24) is 5.32 Å². The van der Waals surface area contributed by atoms with Gasteiger partial charge in [0.15, 0.2) is 0 Å². The van der Waals surface area contributed by atoms with Gasteiger partial charge in [0.1, 0.15) is 6.54 Å². The topological polar surface area (TPSA) is 107 Å². The summed E-state index contributed by atoms with van der Waals surface area (Å²) in [4.78, 5) is 22.7. The number of carboxylic acids is 1. The van der Waals surface area contributed by atoms with Gasteiger partial charge in [0, 0.05) is 6.42 Å². The first-order chi connectivity index (χ1) is 15.1. The molecule has 6 heteroatoms. The van der Waals surface area contributed by atoms with Crippen LogP contribution in [0.4, 0.5) is 0 Å². The first-order valence-electron chi connectivity index (χ1n) is 12.6. The molecule has 4 rings (SSSR count). The van der Waals surface area contributed by atoms with Crippen molar-refractivity contribution >= 4 is 11.9 Å². The number of amides is 1. The summed E-state index contributed by atoms with van der Waals surface area (Å²) < 4.78 is 0. The van der Waals surface area contributed by atoms with Crippen molar-refractivity contribution in [2.45, 2.75) is 84.3 Å². The van der Waals surface area contributed by atoms with Crippen molar-refractivity contribution in [3.63, 3.8) is 0 Å². The van der Waals surface area contributed by atoms with Gasteiger partial charge >= 0.3 is 5.97 Å².